The minimum absolute atomic E-state index is 0.0685. The number of hydrogen-bond acceptors (Lipinski definition) is 8. The highest BCUT2D eigenvalue weighted by Crippen LogP contribution is 2.40. The minimum atomic E-state index is -5.05. The second-order valence-electron chi connectivity index (χ2n) is 9.59. The number of benzene rings is 2. The van der Waals surface area contributed by atoms with Crippen molar-refractivity contribution >= 4 is 22.9 Å². The zero-order valence-corrected chi connectivity index (χ0v) is 23.3. The second kappa shape index (κ2) is 12.0. The predicted octanol–water partition coefficient (Wildman–Crippen LogP) is 4.93. The molecule has 4 aromatic rings. The third kappa shape index (κ3) is 6.61. The average Bonchev–Trinajstić information content (AvgIpc) is 3.44. The van der Waals surface area contributed by atoms with Gasteiger partial charge in [0.1, 0.15) is 29.5 Å². The molecule has 0 spiro atoms. The fourth-order valence-corrected chi connectivity index (χ4v) is 4.65. The van der Waals surface area contributed by atoms with Crippen LogP contribution in [0.2, 0.25) is 0 Å². The number of nitrogens with one attached hydrogen (secondary N) is 2. The van der Waals surface area contributed by atoms with Crippen molar-refractivity contribution in [2.24, 2.45) is 0 Å². The number of pyridine rings is 1. The van der Waals surface area contributed by atoms with Crippen molar-refractivity contribution in [3.05, 3.63) is 88.5 Å². The normalized spacial score (nSPS) is 15.5. The van der Waals surface area contributed by atoms with Gasteiger partial charge in [-0.15, -0.1) is 5.10 Å². The predicted molar refractivity (Wildman–Crippen MR) is 143 cm³/mol. The molecule has 11 nitrogen and oxygen atoms in total. The molecule has 2 aromatic heterocycles. The Labute approximate surface area is 249 Å². The smallest absolute Gasteiger partial charge is 0.433 e. The highest BCUT2D eigenvalue weighted by molar-refractivity contribution is 5.95. The molecule has 0 radical (unpaired) electrons. The molecule has 0 saturated carbocycles. The van der Waals surface area contributed by atoms with Gasteiger partial charge in [-0.1, -0.05) is 23.4 Å². The molecular formula is C28H22F6N6O5. The molecule has 1 unspecified atom stereocenters. The van der Waals surface area contributed by atoms with Gasteiger partial charge in [-0.25, -0.2) is 19.3 Å². The number of para-hydroxylation sites is 1. The van der Waals surface area contributed by atoms with Crippen LogP contribution in [0.25, 0.3) is 10.9 Å². The largest absolute Gasteiger partial charge is 0.497 e. The quantitative estimate of drug-likeness (QED) is 0.206. The van der Waals surface area contributed by atoms with Crippen molar-refractivity contribution < 1.29 is 50.1 Å². The summed E-state index contributed by atoms with van der Waals surface area (Å²) in [6.07, 6.45) is -8.69. The number of allylic oxidation sites excluding steroid dienone is 1. The lowest BCUT2D eigenvalue weighted by molar-refractivity contribution is -0.142. The van der Waals surface area contributed by atoms with Crippen LogP contribution in [0.1, 0.15) is 28.6 Å². The van der Waals surface area contributed by atoms with Crippen LogP contribution >= 0.6 is 0 Å². The molecule has 0 aliphatic carbocycles. The summed E-state index contributed by atoms with van der Waals surface area (Å²) in [5.74, 6) is -0.697. The Kier molecular flexibility index (Phi) is 8.27. The first-order chi connectivity index (χ1) is 21.3. The summed E-state index contributed by atoms with van der Waals surface area (Å²) in [7, 11) is 2.66. The van der Waals surface area contributed by atoms with Gasteiger partial charge in [-0.3, -0.25) is 0 Å². The molecule has 0 fully saturated rings. The maximum atomic E-state index is 13.5. The van der Waals surface area contributed by atoms with Crippen molar-refractivity contribution in [1.82, 2.24) is 30.6 Å². The lowest BCUT2D eigenvalue weighted by atomic mass is 9.95. The summed E-state index contributed by atoms with van der Waals surface area (Å²) < 4.78 is 98.0. The Hall–Kier alpha value is -5.35. The highest BCUT2D eigenvalue weighted by atomic mass is 19.4. The number of methoxy groups -OCH3 is 2. The van der Waals surface area contributed by atoms with E-state index in [-0.39, 0.29) is 28.9 Å². The van der Waals surface area contributed by atoms with Gasteiger partial charge in [0.15, 0.2) is 0 Å². The van der Waals surface area contributed by atoms with Crippen molar-refractivity contribution in [1.29, 1.82) is 0 Å². The number of nitrogens with zero attached hydrogens (tertiary/aromatic N) is 4. The topological polar surface area (TPSA) is 129 Å². The minimum Gasteiger partial charge on any atom is -0.497 e. The summed E-state index contributed by atoms with van der Waals surface area (Å²) in [6.45, 7) is -0.680. The van der Waals surface area contributed by atoms with Crippen LogP contribution in [0, 0.1) is 0 Å². The first-order valence-electron chi connectivity index (χ1n) is 12.9. The molecule has 2 N–H and O–H groups in total. The van der Waals surface area contributed by atoms with Gasteiger partial charge in [-0.05, 0) is 29.8 Å². The van der Waals surface area contributed by atoms with Crippen LogP contribution in [0.4, 0.5) is 31.1 Å². The number of carbonyl (C=O) groups is 2. The zero-order valence-electron chi connectivity index (χ0n) is 23.3. The maximum absolute atomic E-state index is 13.5. The molecule has 1 aliphatic heterocycles. The molecule has 5 rings (SSSR count). The third-order valence-electron chi connectivity index (χ3n) is 6.69. The van der Waals surface area contributed by atoms with Gasteiger partial charge < -0.3 is 24.8 Å². The van der Waals surface area contributed by atoms with E-state index < -0.39 is 59.5 Å². The lowest BCUT2D eigenvalue weighted by Gasteiger charge is -2.29. The van der Waals surface area contributed by atoms with Crippen LogP contribution in [0.3, 0.4) is 0 Å². The molecule has 236 valence electrons. The number of carbonyl (C=O) groups excluding carboxylic acids is 2. The van der Waals surface area contributed by atoms with E-state index >= 15 is 0 Å². The van der Waals surface area contributed by atoms with Crippen LogP contribution in [-0.2, 0) is 35.0 Å². The molecule has 1 aliphatic rings. The van der Waals surface area contributed by atoms with E-state index in [4.69, 9.17) is 14.2 Å². The van der Waals surface area contributed by atoms with E-state index in [1.54, 1.807) is 24.3 Å². The average molecular weight is 637 g/mol. The van der Waals surface area contributed by atoms with E-state index in [9.17, 15) is 35.9 Å². The molecule has 3 heterocycles. The maximum Gasteiger partial charge on any atom is 0.433 e. The van der Waals surface area contributed by atoms with Gasteiger partial charge in [0.2, 0.25) is 0 Å². The zero-order chi connectivity index (χ0) is 32.5. The highest BCUT2D eigenvalue weighted by Gasteiger charge is 2.38. The van der Waals surface area contributed by atoms with E-state index in [1.807, 2.05) is 0 Å². The number of fused-ring (bicyclic) bond motifs is 1. The van der Waals surface area contributed by atoms with Gasteiger partial charge in [0.05, 0.1) is 55.4 Å². The molecule has 0 saturated heterocycles. The van der Waals surface area contributed by atoms with Crippen LogP contribution < -0.4 is 20.1 Å². The Balaban J connectivity index is 1.43. The molecular weight excluding hydrogens is 614 g/mol. The fourth-order valence-electron chi connectivity index (χ4n) is 4.65. The Bertz CT molecular complexity index is 1790. The van der Waals surface area contributed by atoms with Gasteiger partial charge in [0, 0.05) is 11.5 Å². The van der Waals surface area contributed by atoms with E-state index in [1.165, 1.54) is 25.1 Å². The number of ether oxygens (including phenoxy) is 3. The standard InChI is InChI=1S/C28H22F6N6O5/c1-43-16-8-6-14(7-9-16)23-22(25(41)44-2)19(35-26(42)37-23)12-40-11-15(38-39-40)13-45-20-10-21(28(32,33)34)36-24-17(20)4-3-5-18(24)27(29,30)31/h3-11,23H,12-13H2,1-2H3,(H2,35,37,42). The number of aromatic nitrogens is 4. The molecule has 0 bridgehead atoms. The summed E-state index contributed by atoms with van der Waals surface area (Å²) >= 11 is 0. The SMILES string of the molecule is COC(=O)C1=C(Cn2cc(COc3cc(C(F)(F)F)nc4c(C(F)(F)F)cccc34)nn2)NC(=O)NC1c1ccc(OC)cc1. The molecule has 1 atom stereocenters. The number of alkyl halides is 6. The van der Waals surface area contributed by atoms with E-state index in [2.05, 4.69) is 25.9 Å². The second-order valence-corrected chi connectivity index (χ2v) is 9.59. The van der Waals surface area contributed by atoms with Crippen molar-refractivity contribution in [3.8, 4) is 11.5 Å². The van der Waals surface area contributed by atoms with Crippen LogP contribution in [0.15, 0.2) is 66.0 Å². The summed E-state index contributed by atoms with van der Waals surface area (Å²) in [6, 6.07) is 8.41. The molecule has 17 heteroatoms. The molecule has 2 amide bonds. The first-order valence-corrected chi connectivity index (χ1v) is 12.9. The van der Waals surface area contributed by atoms with E-state index in [0.717, 1.165) is 12.1 Å². The van der Waals surface area contributed by atoms with Gasteiger partial charge in [0.25, 0.3) is 0 Å². The van der Waals surface area contributed by atoms with Gasteiger partial charge in [-0.2, -0.15) is 26.3 Å². The number of hydrogen-bond donors (Lipinski definition) is 2. The number of halogens is 6. The van der Waals surface area contributed by atoms with Gasteiger partial charge >= 0.3 is 24.4 Å². The summed E-state index contributed by atoms with van der Waals surface area (Å²) in [5, 5.41) is 12.8. The summed E-state index contributed by atoms with van der Waals surface area (Å²) in [5.41, 5.74) is -3.03. The lowest BCUT2D eigenvalue weighted by Crippen LogP contribution is -2.46. The number of rotatable bonds is 8. The van der Waals surface area contributed by atoms with Crippen molar-refractivity contribution in [2.75, 3.05) is 14.2 Å². The molecule has 2 aromatic carbocycles. The Morgan fingerprint density at radius 3 is 2.40 bits per heavy atom. The number of esters is 1. The van der Waals surface area contributed by atoms with Crippen LogP contribution in [0.5, 0.6) is 11.5 Å². The summed E-state index contributed by atoms with van der Waals surface area (Å²) in [4.78, 5) is 28.6. The molecule has 45 heavy (non-hydrogen) atoms. The van der Waals surface area contributed by atoms with Crippen molar-refractivity contribution in [2.45, 2.75) is 31.5 Å². The van der Waals surface area contributed by atoms with Crippen LogP contribution in [-0.4, -0.2) is 46.2 Å². The third-order valence-corrected chi connectivity index (χ3v) is 6.69. The number of amides is 2. The first kappa shape index (κ1) is 31.1. The fraction of sp³-hybridized carbons (Fsp3) is 0.250. The number of urea groups is 1. The van der Waals surface area contributed by atoms with Crippen molar-refractivity contribution in [3.63, 3.8) is 0 Å². The Morgan fingerprint density at radius 2 is 1.76 bits per heavy atom. The monoisotopic (exact) mass is 636 g/mol. The van der Waals surface area contributed by atoms with E-state index in [0.29, 0.717) is 23.4 Å². The Morgan fingerprint density at radius 1 is 1.02 bits per heavy atom.